The largest absolute Gasteiger partial charge is 0.466 e. The molecule has 5 nitrogen and oxygen atoms in total. The molecule has 3 rings (SSSR count). The number of carbonyl (C=O) groups excluding carboxylic acids is 1. The van der Waals surface area contributed by atoms with Crippen molar-refractivity contribution in [2.24, 2.45) is 5.10 Å². The van der Waals surface area contributed by atoms with Gasteiger partial charge in [-0.1, -0.05) is 31.4 Å². The van der Waals surface area contributed by atoms with Crippen molar-refractivity contribution in [3.8, 4) is 0 Å². The summed E-state index contributed by atoms with van der Waals surface area (Å²) in [5.41, 5.74) is 4.65. The number of nitrogens with zero attached hydrogens (tertiary/aromatic N) is 2. The quantitative estimate of drug-likeness (QED) is 0.376. The van der Waals surface area contributed by atoms with Crippen LogP contribution in [-0.2, 0) is 16.0 Å². The van der Waals surface area contributed by atoms with Gasteiger partial charge in [0.05, 0.1) is 24.9 Å². The maximum absolute atomic E-state index is 11.5. The molecule has 0 unspecified atom stereocenters. The van der Waals surface area contributed by atoms with Crippen LogP contribution in [0.2, 0.25) is 0 Å². The smallest absolute Gasteiger partial charge is 0.311 e. The molecule has 0 saturated heterocycles. The second kappa shape index (κ2) is 10.5. The molecule has 144 valence electrons. The predicted octanol–water partition coefficient (Wildman–Crippen LogP) is 5.12. The Morgan fingerprint density at radius 1 is 1.33 bits per heavy atom. The summed E-state index contributed by atoms with van der Waals surface area (Å²) < 4.78 is 4.93. The van der Waals surface area contributed by atoms with Crippen LogP contribution in [0.25, 0.3) is 0 Å². The lowest BCUT2D eigenvalue weighted by molar-refractivity contribution is -0.142. The molecule has 1 aliphatic carbocycles. The molecule has 0 spiro atoms. The number of hydrogen-bond acceptors (Lipinski definition) is 7. The number of thiazole rings is 1. The van der Waals surface area contributed by atoms with E-state index in [9.17, 15) is 4.79 Å². The fourth-order valence-corrected chi connectivity index (χ4v) is 4.88. The Bertz CT molecular complexity index is 753. The molecule has 1 aliphatic rings. The first-order valence-corrected chi connectivity index (χ1v) is 11.1. The SMILES string of the molecule is CCOC(=O)Cc1csc(NN=Cc2ccc(SC3CCCCC3)cc2)n1. The van der Waals surface area contributed by atoms with E-state index in [1.54, 1.807) is 13.1 Å². The molecular weight excluding hydrogens is 378 g/mol. The van der Waals surface area contributed by atoms with Crippen molar-refractivity contribution in [1.82, 2.24) is 4.98 Å². The van der Waals surface area contributed by atoms with Gasteiger partial charge in [-0.25, -0.2) is 4.98 Å². The van der Waals surface area contributed by atoms with Crippen LogP contribution in [0.1, 0.15) is 50.3 Å². The minimum absolute atomic E-state index is 0.190. The lowest BCUT2D eigenvalue weighted by Crippen LogP contribution is -2.07. The number of anilines is 1. The van der Waals surface area contributed by atoms with Crippen LogP contribution in [0, 0.1) is 0 Å². The van der Waals surface area contributed by atoms with Gasteiger partial charge < -0.3 is 4.74 Å². The highest BCUT2D eigenvalue weighted by molar-refractivity contribution is 8.00. The molecule has 1 heterocycles. The summed E-state index contributed by atoms with van der Waals surface area (Å²) in [5.74, 6) is -0.260. The second-order valence-electron chi connectivity index (χ2n) is 6.44. The fourth-order valence-electron chi connectivity index (χ4n) is 2.97. The maximum atomic E-state index is 11.5. The molecule has 1 N–H and O–H groups in total. The average molecular weight is 404 g/mol. The number of aromatic nitrogens is 1. The van der Waals surface area contributed by atoms with E-state index in [0.29, 0.717) is 17.4 Å². The number of benzene rings is 1. The molecule has 1 fully saturated rings. The number of rotatable bonds is 8. The molecule has 0 amide bonds. The van der Waals surface area contributed by atoms with Crippen molar-refractivity contribution in [2.45, 2.75) is 55.6 Å². The molecule has 0 bridgehead atoms. The predicted molar refractivity (Wildman–Crippen MR) is 113 cm³/mol. The van der Waals surface area contributed by atoms with Crippen LogP contribution >= 0.6 is 23.1 Å². The van der Waals surface area contributed by atoms with E-state index >= 15 is 0 Å². The Balaban J connectivity index is 1.46. The van der Waals surface area contributed by atoms with Gasteiger partial charge in [0.15, 0.2) is 0 Å². The van der Waals surface area contributed by atoms with Gasteiger partial charge in [-0.05, 0) is 37.5 Å². The van der Waals surface area contributed by atoms with Gasteiger partial charge in [-0.3, -0.25) is 10.2 Å². The zero-order valence-electron chi connectivity index (χ0n) is 15.5. The average Bonchev–Trinajstić information content (AvgIpc) is 3.11. The van der Waals surface area contributed by atoms with E-state index in [-0.39, 0.29) is 12.4 Å². The first-order chi connectivity index (χ1) is 13.2. The van der Waals surface area contributed by atoms with Crippen LogP contribution in [-0.4, -0.2) is 29.0 Å². The zero-order valence-corrected chi connectivity index (χ0v) is 17.2. The van der Waals surface area contributed by atoms with Crippen LogP contribution < -0.4 is 5.43 Å². The van der Waals surface area contributed by atoms with Crippen molar-refractivity contribution < 1.29 is 9.53 Å². The van der Waals surface area contributed by atoms with Crippen LogP contribution in [0.5, 0.6) is 0 Å². The van der Waals surface area contributed by atoms with Crippen molar-refractivity contribution in [2.75, 3.05) is 12.0 Å². The lowest BCUT2D eigenvalue weighted by atomic mass is 10.0. The number of esters is 1. The van der Waals surface area contributed by atoms with Crippen LogP contribution in [0.15, 0.2) is 39.6 Å². The number of nitrogens with one attached hydrogen (secondary N) is 1. The molecule has 1 aromatic carbocycles. The van der Waals surface area contributed by atoms with Gasteiger partial charge in [-0.2, -0.15) is 5.10 Å². The van der Waals surface area contributed by atoms with E-state index in [1.165, 1.54) is 48.3 Å². The van der Waals surface area contributed by atoms with E-state index in [4.69, 9.17) is 4.74 Å². The molecular formula is C20H25N3O2S2. The lowest BCUT2D eigenvalue weighted by Gasteiger charge is -2.20. The maximum Gasteiger partial charge on any atom is 0.311 e. The van der Waals surface area contributed by atoms with Crippen molar-refractivity contribution in [3.63, 3.8) is 0 Å². The van der Waals surface area contributed by atoms with E-state index < -0.39 is 0 Å². The number of thioether (sulfide) groups is 1. The van der Waals surface area contributed by atoms with Crippen molar-refractivity contribution in [3.05, 3.63) is 40.9 Å². The third kappa shape index (κ3) is 6.66. The first kappa shape index (κ1) is 19.9. The van der Waals surface area contributed by atoms with Crippen LogP contribution in [0.3, 0.4) is 0 Å². The minimum atomic E-state index is -0.260. The zero-order chi connectivity index (χ0) is 18.9. The molecule has 2 aromatic rings. The van der Waals surface area contributed by atoms with E-state index in [2.05, 4.69) is 39.8 Å². The van der Waals surface area contributed by atoms with Gasteiger partial charge in [0.25, 0.3) is 0 Å². The molecule has 1 saturated carbocycles. The Labute approximate surface area is 168 Å². The molecule has 0 aliphatic heterocycles. The number of hydrazone groups is 1. The minimum Gasteiger partial charge on any atom is -0.466 e. The summed E-state index contributed by atoms with van der Waals surface area (Å²) in [5, 5.41) is 7.51. The molecule has 0 atom stereocenters. The Morgan fingerprint density at radius 3 is 2.85 bits per heavy atom. The summed E-state index contributed by atoms with van der Waals surface area (Å²) in [7, 11) is 0. The summed E-state index contributed by atoms with van der Waals surface area (Å²) in [6.07, 6.45) is 8.77. The van der Waals surface area contributed by atoms with Gasteiger partial charge in [0.2, 0.25) is 5.13 Å². The number of hydrogen-bond donors (Lipinski definition) is 1. The Kier molecular flexibility index (Phi) is 7.71. The third-order valence-corrected chi connectivity index (χ3v) is 6.44. The summed E-state index contributed by atoms with van der Waals surface area (Å²) in [6, 6.07) is 8.51. The molecule has 1 aromatic heterocycles. The van der Waals surface area contributed by atoms with Gasteiger partial charge in [-0.15, -0.1) is 23.1 Å². The Morgan fingerprint density at radius 2 is 2.11 bits per heavy atom. The standard InChI is InChI=1S/C20H25N3O2S2/c1-2-25-19(24)12-16-14-26-20(22-16)23-21-13-15-8-10-18(11-9-15)27-17-6-4-3-5-7-17/h8-11,13-14,17H,2-7,12H2,1H3,(H,22,23). The van der Waals surface area contributed by atoms with E-state index in [0.717, 1.165) is 10.8 Å². The Hall–Kier alpha value is -1.86. The first-order valence-electron chi connectivity index (χ1n) is 9.39. The molecule has 0 radical (unpaired) electrons. The van der Waals surface area contributed by atoms with Crippen LogP contribution in [0.4, 0.5) is 5.13 Å². The summed E-state index contributed by atoms with van der Waals surface area (Å²) >= 11 is 3.42. The van der Waals surface area contributed by atoms with Gasteiger partial charge in [0, 0.05) is 15.5 Å². The summed E-state index contributed by atoms with van der Waals surface area (Å²) in [6.45, 7) is 2.18. The monoisotopic (exact) mass is 403 g/mol. The highest BCUT2D eigenvalue weighted by atomic mass is 32.2. The molecule has 27 heavy (non-hydrogen) atoms. The second-order valence-corrected chi connectivity index (χ2v) is 8.67. The third-order valence-electron chi connectivity index (χ3n) is 4.29. The number of ether oxygens (including phenoxy) is 1. The number of carbonyl (C=O) groups is 1. The normalized spacial score (nSPS) is 15.1. The van der Waals surface area contributed by atoms with Crippen molar-refractivity contribution >= 4 is 40.4 Å². The fraction of sp³-hybridized carbons (Fsp3) is 0.450. The highest BCUT2D eigenvalue weighted by Gasteiger charge is 2.14. The molecule has 7 heteroatoms. The van der Waals surface area contributed by atoms with Gasteiger partial charge in [0.1, 0.15) is 0 Å². The van der Waals surface area contributed by atoms with E-state index in [1.807, 2.05) is 17.1 Å². The van der Waals surface area contributed by atoms with Crippen molar-refractivity contribution in [1.29, 1.82) is 0 Å². The highest BCUT2D eigenvalue weighted by Crippen LogP contribution is 2.33. The topological polar surface area (TPSA) is 63.6 Å². The van der Waals surface area contributed by atoms with Gasteiger partial charge >= 0.3 is 5.97 Å². The summed E-state index contributed by atoms with van der Waals surface area (Å²) in [4.78, 5) is 17.1.